The van der Waals surface area contributed by atoms with Crippen LogP contribution in [0.5, 0.6) is 0 Å². The third-order valence-electron chi connectivity index (χ3n) is 8.11. The van der Waals surface area contributed by atoms with Crippen LogP contribution in [0.3, 0.4) is 0 Å². The highest BCUT2D eigenvalue weighted by atomic mass is 19.1. The summed E-state index contributed by atoms with van der Waals surface area (Å²) >= 11 is 0. The molecule has 14 heteroatoms. The summed E-state index contributed by atoms with van der Waals surface area (Å²) < 4.78 is 21.0. The topological polar surface area (TPSA) is 150 Å². The van der Waals surface area contributed by atoms with E-state index in [1.165, 1.54) is 23.0 Å². The normalized spacial score (nSPS) is 20.9. The summed E-state index contributed by atoms with van der Waals surface area (Å²) in [5.41, 5.74) is 1.54. The number of amides is 3. The number of halogens is 1. The van der Waals surface area contributed by atoms with E-state index in [2.05, 4.69) is 41.5 Å². The first kappa shape index (κ1) is 29.1. The summed E-state index contributed by atoms with van der Waals surface area (Å²) in [7, 11) is 0. The van der Waals surface area contributed by atoms with Crippen LogP contribution in [0, 0.1) is 5.82 Å². The quantitative estimate of drug-likeness (QED) is 0.211. The van der Waals surface area contributed by atoms with Gasteiger partial charge in [0.15, 0.2) is 17.2 Å². The zero-order valence-corrected chi connectivity index (χ0v) is 24.1. The fourth-order valence-electron chi connectivity index (χ4n) is 5.57. The summed E-state index contributed by atoms with van der Waals surface area (Å²) in [6.45, 7) is 5.09. The predicted octanol–water partition coefficient (Wildman–Crippen LogP) is 2.83. The van der Waals surface area contributed by atoms with Crippen LogP contribution < -0.4 is 26.6 Å². The van der Waals surface area contributed by atoms with E-state index in [1.54, 1.807) is 0 Å². The van der Waals surface area contributed by atoms with Crippen molar-refractivity contribution in [3.8, 4) is 0 Å². The highest BCUT2D eigenvalue weighted by Crippen LogP contribution is 2.30. The van der Waals surface area contributed by atoms with Gasteiger partial charge in [0, 0.05) is 50.0 Å². The molecule has 43 heavy (non-hydrogen) atoms. The van der Waals surface area contributed by atoms with E-state index in [1.807, 2.05) is 6.07 Å². The Morgan fingerprint density at radius 2 is 1.72 bits per heavy atom. The van der Waals surface area contributed by atoms with Gasteiger partial charge in [0.25, 0.3) is 5.91 Å². The number of hydrogen-bond donors (Lipinski definition) is 5. The van der Waals surface area contributed by atoms with Crippen molar-refractivity contribution in [1.29, 1.82) is 0 Å². The number of anilines is 3. The second kappa shape index (κ2) is 13.5. The fraction of sp³-hybridized carbons (Fsp3) is 0.552. The number of hydrogen-bond acceptors (Lipinski definition) is 9. The van der Waals surface area contributed by atoms with Crippen LogP contribution in [0.2, 0.25) is 0 Å². The van der Waals surface area contributed by atoms with Crippen molar-refractivity contribution in [2.75, 3.05) is 55.3 Å². The summed E-state index contributed by atoms with van der Waals surface area (Å²) in [6, 6.07) is 3.88. The van der Waals surface area contributed by atoms with Crippen LogP contribution in [-0.2, 0) is 4.74 Å². The largest absolute Gasteiger partial charge is 0.379 e. The van der Waals surface area contributed by atoms with Crippen LogP contribution >= 0.6 is 0 Å². The van der Waals surface area contributed by atoms with E-state index in [4.69, 9.17) is 9.84 Å². The van der Waals surface area contributed by atoms with Crippen LogP contribution in [0.25, 0.3) is 5.65 Å². The number of morpholine rings is 1. The smallest absolute Gasteiger partial charge is 0.315 e. The van der Waals surface area contributed by atoms with Crippen molar-refractivity contribution in [1.82, 2.24) is 35.1 Å². The van der Waals surface area contributed by atoms with Crippen molar-refractivity contribution < 1.29 is 18.7 Å². The van der Waals surface area contributed by atoms with Gasteiger partial charge in [0.05, 0.1) is 37.0 Å². The third-order valence-corrected chi connectivity index (χ3v) is 8.11. The number of nitrogens with zero attached hydrogens (tertiary/aromatic N) is 5. The molecule has 3 amide bonds. The molecule has 0 unspecified atom stereocenters. The molecular formula is C29H39FN10O3. The molecule has 6 rings (SSSR count). The van der Waals surface area contributed by atoms with Crippen LogP contribution in [0.15, 0.2) is 30.7 Å². The Balaban J connectivity index is 1.03. The molecule has 2 aliphatic carbocycles. The van der Waals surface area contributed by atoms with E-state index in [9.17, 15) is 14.0 Å². The van der Waals surface area contributed by atoms with Crippen LogP contribution in [-0.4, -0.2) is 93.9 Å². The molecule has 1 saturated heterocycles. The molecule has 1 aliphatic heterocycles. The zero-order chi connectivity index (χ0) is 29.6. The number of aromatic nitrogens is 4. The van der Waals surface area contributed by atoms with Crippen molar-refractivity contribution >= 4 is 34.8 Å². The Morgan fingerprint density at radius 3 is 2.49 bits per heavy atom. The lowest BCUT2D eigenvalue weighted by atomic mass is 9.91. The van der Waals surface area contributed by atoms with E-state index >= 15 is 0 Å². The monoisotopic (exact) mass is 594 g/mol. The number of ether oxygens (including phenoxy) is 1. The molecule has 0 spiro atoms. The predicted molar refractivity (Wildman–Crippen MR) is 160 cm³/mol. The summed E-state index contributed by atoms with van der Waals surface area (Å²) in [4.78, 5) is 36.1. The first-order valence-electron chi connectivity index (χ1n) is 15.2. The number of carbonyl (C=O) groups excluding carboxylic acids is 2. The molecule has 13 nitrogen and oxygen atoms in total. The molecule has 3 fully saturated rings. The molecule has 3 aliphatic rings. The van der Waals surface area contributed by atoms with Gasteiger partial charge in [-0.15, -0.1) is 5.10 Å². The molecule has 3 aromatic rings. The van der Waals surface area contributed by atoms with Gasteiger partial charge in [-0.1, -0.05) is 0 Å². The van der Waals surface area contributed by atoms with Gasteiger partial charge in [0.2, 0.25) is 0 Å². The third kappa shape index (κ3) is 7.68. The Hall–Kier alpha value is -4.04. The molecule has 230 valence electrons. The van der Waals surface area contributed by atoms with Gasteiger partial charge < -0.3 is 31.3 Å². The average Bonchev–Trinajstić information content (AvgIpc) is 3.73. The lowest BCUT2D eigenvalue weighted by Crippen LogP contribution is -2.45. The first-order chi connectivity index (χ1) is 21.0. The minimum absolute atomic E-state index is 0.0348. The minimum atomic E-state index is -0.623. The first-order valence-corrected chi connectivity index (χ1v) is 15.2. The molecule has 0 aromatic carbocycles. The van der Waals surface area contributed by atoms with Gasteiger partial charge in [-0.3, -0.25) is 14.7 Å². The second-order valence-corrected chi connectivity index (χ2v) is 11.5. The molecular weight excluding hydrogens is 555 g/mol. The minimum Gasteiger partial charge on any atom is -0.379 e. The van der Waals surface area contributed by atoms with Gasteiger partial charge in [-0.05, 0) is 57.6 Å². The van der Waals surface area contributed by atoms with Gasteiger partial charge in [-0.25, -0.2) is 18.7 Å². The number of fused-ring (bicyclic) bond motifs is 1. The van der Waals surface area contributed by atoms with Crippen molar-refractivity contribution in [2.45, 2.75) is 63.1 Å². The van der Waals surface area contributed by atoms with Gasteiger partial charge >= 0.3 is 6.03 Å². The van der Waals surface area contributed by atoms with Crippen molar-refractivity contribution in [2.24, 2.45) is 0 Å². The maximum absolute atomic E-state index is 14.1. The molecule has 2 saturated carbocycles. The van der Waals surface area contributed by atoms with Crippen LogP contribution in [0.1, 0.15) is 55.4 Å². The lowest BCUT2D eigenvalue weighted by molar-refractivity contribution is 0.0375. The number of imidazole rings is 1. The Kier molecular flexibility index (Phi) is 9.13. The molecule has 3 aromatic heterocycles. The second-order valence-electron chi connectivity index (χ2n) is 11.5. The Morgan fingerprint density at radius 1 is 0.977 bits per heavy atom. The highest BCUT2D eigenvalue weighted by Gasteiger charge is 2.26. The molecule has 0 bridgehead atoms. The molecule has 5 N–H and O–H groups in total. The van der Waals surface area contributed by atoms with E-state index < -0.39 is 11.7 Å². The number of pyridine rings is 1. The number of carbonyl (C=O) groups is 2. The standard InChI is InChI=1S/C29H39FN10O3/c30-22-17-31-10-8-23(22)37-28(41)25-18-33-27-24(34-19-2-3-19)16-26(38-40(25)27)35-20-4-6-21(7-5-20)36-29(42)32-9-1-11-39-12-14-43-15-13-39/h8,10,16-21,34H,1-7,9,11-15H2,(H,35,38)(H,31,37,41)(H2,32,36,42)/t20-,21-. The van der Waals surface area contributed by atoms with Crippen LogP contribution in [0.4, 0.5) is 26.4 Å². The number of nitrogens with one attached hydrogen (secondary N) is 5. The van der Waals surface area contributed by atoms with Crippen molar-refractivity contribution in [3.05, 3.63) is 42.2 Å². The lowest BCUT2D eigenvalue weighted by Gasteiger charge is -2.30. The maximum atomic E-state index is 14.1. The SMILES string of the molecule is O=C(NCCCN1CCOCC1)N[C@H]1CC[C@H](Nc2cc(NC3CC3)c3ncc(C(=O)Nc4ccncc4F)n3n2)CC1. The van der Waals surface area contributed by atoms with Gasteiger partial charge in [0.1, 0.15) is 5.82 Å². The van der Waals surface area contributed by atoms with Crippen molar-refractivity contribution in [3.63, 3.8) is 0 Å². The number of rotatable bonds is 11. The van der Waals surface area contributed by atoms with E-state index in [0.717, 1.165) is 89.7 Å². The summed E-state index contributed by atoms with van der Waals surface area (Å²) in [5.74, 6) is -0.528. The Bertz CT molecular complexity index is 1420. The number of urea groups is 1. The molecule has 4 heterocycles. The zero-order valence-electron chi connectivity index (χ0n) is 24.1. The summed E-state index contributed by atoms with van der Waals surface area (Å²) in [5, 5.41) is 20.4. The Labute approximate surface area is 249 Å². The average molecular weight is 595 g/mol. The van der Waals surface area contributed by atoms with E-state index in [-0.39, 0.29) is 29.5 Å². The highest BCUT2D eigenvalue weighted by molar-refractivity contribution is 6.03. The maximum Gasteiger partial charge on any atom is 0.315 e. The fourth-order valence-corrected chi connectivity index (χ4v) is 5.57. The molecule has 0 atom stereocenters. The molecule has 0 radical (unpaired) electrons. The summed E-state index contributed by atoms with van der Waals surface area (Å²) in [6.07, 6.45) is 10.4. The van der Waals surface area contributed by atoms with E-state index in [0.29, 0.717) is 24.1 Å². The van der Waals surface area contributed by atoms with Gasteiger partial charge in [-0.2, -0.15) is 0 Å².